The first-order valence-corrected chi connectivity index (χ1v) is 19.0. The molecule has 1 aliphatic rings. The lowest BCUT2D eigenvalue weighted by Crippen LogP contribution is -2.06. The fraction of sp³-hybridized carbons (Fsp3) is 0. The minimum atomic E-state index is 0.476. The molecule has 0 saturated heterocycles. The van der Waals surface area contributed by atoms with Crippen molar-refractivity contribution in [1.82, 2.24) is 19.5 Å². The van der Waals surface area contributed by atoms with E-state index in [0.717, 1.165) is 33.2 Å². The molecule has 1 aliphatic heterocycles. The van der Waals surface area contributed by atoms with Crippen LogP contribution in [0.2, 0.25) is 0 Å². The average Bonchev–Trinajstić information content (AvgIpc) is 3.62. The minimum absolute atomic E-state index is 0.476. The third-order valence-electron chi connectivity index (χ3n) is 11.1. The highest BCUT2D eigenvalue weighted by Gasteiger charge is 2.27. The lowest BCUT2D eigenvalue weighted by atomic mass is 9.93. The van der Waals surface area contributed by atoms with Gasteiger partial charge >= 0.3 is 0 Å². The van der Waals surface area contributed by atoms with Gasteiger partial charge in [0.25, 0.3) is 0 Å². The van der Waals surface area contributed by atoms with Crippen molar-refractivity contribution in [1.29, 1.82) is 0 Å². The summed E-state index contributed by atoms with van der Waals surface area (Å²) in [7, 11) is 0. The summed E-state index contributed by atoms with van der Waals surface area (Å²) in [5.41, 5.74) is 5.53. The standard InChI is InChI=1S/C51H30N4O2/c1-2-14-31(15-3-1)49-52-50(32-26-27-38-36-18-5-4-16-34(36)35-17-6-7-19-37(35)41(38)28-32)54-51(53-49)42-29-33(30-47-48(42)57-46-25-13-12-24-45(46)56-47)55-43-22-10-8-20-39(43)40-21-9-11-23-44(40)55/h1-30H. The summed E-state index contributed by atoms with van der Waals surface area (Å²) in [6.07, 6.45) is 0. The van der Waals surface area contributed by atoms with Crippen LogP contribution in [-0.2, 0) is 0 Å². The second kappa shape index (κ2) is 12.3. The van der Waals surface area contributed by atoms with Crippen LogP contribution in [0.3, 0.4) is 0 Å². The molecule has 0 fully saturated rings. The smallest absolute Gasteiger partial charge is 0.181 e. The Morgan fingerprint density at radius 2 is 0.825 bits per heavy atom. The Morgan fingerprint density at radius 1 is 0.333 bits per heavy atom. The first-order chi connectivity index (χ1) is 28.2. The summed E-state index contributed by atoms with van der Waals surface area (Å²) < 4.78 is 15.6. The molecule has 0 bridgehead atoms. The highest BCUT2D eigenvalue weighted by Crippen LogP contribution is 2.51. The van der Waals surface area contributed by atoms with Crippen molar-refractivity contribution >= 4 is 54.1 Å². The number of fused-ring (bicyclic) bond motifs is 11. The normalized spacial score (nSPS) is 12.1. The van der Waals surface area contributed by atoms with Crippen LogP contribution in [0.5, 0.6) is 23.0 Å². The minimum Gasteiger partial charge on any atom is -0.449 e. The molecule has 0 saturated carbocycles. The van der Waals surface area contributed by atoms with Crippen LogP contribution in [0.15, 0.2) is 182 Å². The number of benzene rings is 9. The third kappa shape index (κ3) is 4.94. The molecule has 0 aliphatic carbocycles. The van der Waals surface area contributed by atoms with Gasteiger partial charge in [-0.2, -0.15) is 0 Å². The molecule has 0 unspecified atom stereocenters. The zero-order valence-corrected chi connectivity index (χ0v) is 30.4. The molecule has 57 heavy (non-hydrogen) atoms. The van der Waals surface area contributed by atoms with Crippen molar-refractivity contribution < 1.29 is 9.47 Å². The summed E-state index contributed by atoms with van der Waals surface area (Å²) in [5, 5.41) is 9.50. The summed E-state index contributed by atoms with van der Waals surface area (Å²) in [6.45, 7) is 0. The van der Waals surface area contributed by atoms with E-state index in [9.17, 15) is 0 Å². The number of ether oxygens (including phenoxy) is 2. The molecule has 0 radical (unpaired) electrons. The molecule has 2 aromatic heterocycles. The van der Waals surface area contributed by atoms with E-state index in [4.69, 9.17) is 24.4 Å². The quantitative estimate of drug-likeness (QED) is 0.169. The largest absolute Gasteiger partial charge is 0.449 e. The molecule has 0 spiro atoms. The van der Waals surface area contributed by atoms with Crippen molar-refractivity contribution in [3.05, 3.63) is 182 Å². The molecule has 0 atom stereocenters. The van der Waals surface area contributed by atoms with Gasteiger partial charge in [-0.25, -0.2) is 15.0 Å². The predicted octanol–water partition coefficient (Wildman–Crippen LogP) is 13.3. The van der Waals surface area contributed by atoms with E-state index in [2.05, 4.69) is 126 Å². The number of rotatable bonds is 4. The number of hydrogen-bond donors (Lipinski definition) is 0. The third-order valence-corrected chi connectivity index (χ3v) is 11.1. The van der Waals surface area contributed by atoms with Gasteiger partial charge in [0.2, 0.25) is 0 Å². The van der Waals surface area contributed by atoms with E-state index in [1.807, 2.05) is 60.7 Å². The van der Waals surface area contributed by atoms with Crippen LogP contribution in [0.25, 0.3) is 94.0 Å². The molecule has 12 rings (SSSR count). The average molecular weight is 731 g/mol. The van der Waals surface area contributed by atoms with Crippen molar-refractivity contribution in [2.45, 2.75) is 0 Å². The zero-order valence-electron chi connectivity index (χ0n) is 30.4. The molecular weight excluding hydrogens is 701 g/mol. The lowest BCUT2D eigenvalue weighted by molar-refractivity contribution is 0.360. The van der Waals surface area contributed by atoms with E-state index in [1.54, 1.807) is 0 Å². The Hall–Kier alpha value is -7.83. The molecule has 6 heteroatoms. The number of aromatic nitrogens is 4. The summed E-state index contributed by atoms with van der Waals surface area (Å²) in [4.78, 5) is 15.6. The van der Waals surface area contributed by atoms with Gasteiger partial charge in [-0.3, -0.25) is 0 Å². The molecule has 11 aromatic rings. The topological polar surface area (TPSA) is 62.1 Å². The maximum Gasteiger partial charge on any atom is 0.181 e. The van der Waals surface area contributed by atoms with E-state index < -0.39 is 0 Å². The fourth-order valence-corrected chi connectivity index (χ4v) is 8.50. The summed E-state index contributed by atoms with van der Waals surface area (Å²) in [6, 6.07) is 62.7. The SMILES string of the molecule is c1ccc(-c2nc(-c3ccc4c5ccccc5c5ccccc5c4c3)nc(-c3cc(-n4c5ccccc5c5ccccc54)cc4c3Oc3ccccc3O4)n2)cc1. The van der Waals surface area contributed by atoms with Crippen LogP contribution < -0.4 is 9.47 Å². The molecule has 9 aromatic carbocycles. The van der Waals surface area contributed by atoms with Crippen LogP contribution in [0, 0.1) is 0 Å². The second-order valence-corrected chi connectivity index (χ2v) is 14.4. The van der Waals surface area contributed by atoms with Crippen LogP contribution in [-0.4, -0.2) is 19.5 Å². The van der Waals surface area contributed by atoms with E-state index in [-0.39, 0.29) is 0 Å². The molecule has 0 N–H and O–H groups in total. The van der Waals surface area contributed by atoms with Crippen molar-refractivity contribution in [3.63, 3.8) is 0 Å². The molecular formula is C51H30N4O2. The first kappa shape index (κ1) is 31.5. The Labute approximate surface area is 326 Å². The maximum absolute atomic E-state index is 6.71. The second-order valence-electron chi connectivity index (χ2n) is 14.4. The van der Waals surface area contributed by atoms with Crippen LogP contribution in [0.1, 0.15) is 0 Å². The monoisotopic (exact) mass is 730 g/mol. The van der Waals surface area contributed by atoms with Crippen molar-refractivity contribution in [2.75, 3.05) is 0 Å². The molecule has 3 heterocycles. The van der Waals surface area contributed by atoms with Crippen LogP contribution in [0.4, 0.5) is 0 Å². The Morgan fingerprint density at radius 3 is 1.47 bits per heavy atom. The Bertz CT molecular complexity index is 3340. The maximum atomic E-state index is 6.71. The Kier molecular flexibility index (Phi) is 6.83. The zero-order chi connectivity index (χ0) is 37.5. The van der Waals surface area contributed by atoms with Gasteiger partial charge in [0.05, 0.1) is 22.3 Å². The van der Waals surface area contributed by atoms with Crippen molar-refractivity contribution in [2.24, 2.45) is 0 Å². The van der Waals surface area contributed by atoms with Crippen molar-refractivity contribution in [3.8, 4) is 62.8 Å². The highest BCUT2D eigenvalue weighted by atomic mass is 16.6. The van der Waals surface area contributed by atoms with Crippen LogP contribution >= 0.6 is 0 Å². The van der Waals surface area contributed by atoms with Gasteiger partial charge in [0.1, 0.15) is 0 Å². The van der Waals surface area contributed by atoms with Gasteiger partial charge in [-0.05, 0) is 68.7 Å². The van der Waals surface area contributed by atoms with Gasteiger partial charge in [-0.1, -0.05) is 140 Å². The molecule has 266 valence electrons. The van der Waals surface area contributed by atoms with E-state index >= 15 is 0 Å². The number of nitrogens with zero attached hydrogens (tertiary/aromatic N) is 4. The molecule has 6 nitrogen and oxygen atoms in total. The summed E-state index contributed by atoms with van der Waals surface area (Å²) in [5.74, 6) is 4.00. The van der Waals surface area contributed by atoms with Gasteiger partial charge in [0, 0.05) is 28.0 Å². The van der Waals surface area contributed by atoms with E-state index in [0.29, 0.717) is 46.0 Å². The number of hydrogen-bond acceptors (Lipinski definition) is 5. The first-order valence-electron chi connectivity index (χ1n) is 19.0. The van der Waals surface area contributed by atoms with Gasteiger partial charge < -0.3 is 14.0 Å². The van der Waals surface area contributed by atoms with Gasteiger partial charge in [-0.15, -0.1) is 0 Å². The number of para-hydroxylation sites is 4. The molecule has 0 amide bonds. The van der Waals surface area contributed by atoms with Gasteiger partial charge in [0.15, 0.2) is 40.5 Å². The highest BCUT2D eigenvalue weighted by molar-refractivity contribution is 6.25. The predicted molar refractivity (Wildman–Crippen MR) is 230 cm³/mol. The lowest BCUT2D eigenvalue weighted by Gasteiger charge is -2.24. The fourth-order valence-electron chi connectivity index (χ4n) is 8.50. The Balaban J connectivity index is 1.13. The summed E-state index contributed by atoms with van der Waals surface area (Å²) >= 11 is 0. The van der Waals surface area contributed by atoms with E-state index in [1.165, 1.54) is 37.7 Å².